The molecule has 0 aliphatic rings. The van der Waals surface area contributed by atoms with Crippen LogP contribution < -0.4 is 5.32 Å². The van der Waals surface area contributed by atoms with Gasteiger partial charge in [0.15, 0.2) is 0 Å². The van der Waals surface area contributed by atoms with Crippen molar-refractivity contribution in [2.24, 2.45) is 0 Å². The molecule has 0 aliphatic heterocycles. The van der Waals surface area contributed by atoms with Gasteiger partial charge in [0.2, 0.25) is 0 Å². The Hall–Kier alpha value is -1.62. The zero-order valence-corrected chi connectivity index (χ0v) is 13.4. The standard InChI is InChI=1S/C16H27N3O2/c1-4-7-14-11-13(12-15(18-14)17-6-3)16(21)19(8-5-2)9-10-20/h11-12,20H,4-10H2,1-3H3,(H,17,18). The number of nitrogens with one attached hydrogen (secondary N) is 1. The molecule has 1 aromatic rings. The molecule has 0 fully saturated rings. The third-order valence-electron chi connectivity index (χ3n) is 3.14. The minimum Gasteiger partial charge on any atom is -0.395 e. The molecule has 5 heteroatoms. The van der Waals surface area contributed by atoms with Gasteiger partial charge in [-0.3, -0.25) is 4.79 Å². The van der Waals surface area contributed by atoms with Crippen LogP contribution in [0.1, 0.15) is 49.7 Å². The summed E-state index contributed by atoms with van der Waals surface area (Å²) in [5, 5.41) is 12.3. The highest BCUT2D eigenvalue weighted by Crippen LogP contribution is 2.14. The monoisotopic (exact) mass is 293 g/mol. The van der Waals surface area contributed by atoms with Crippen molar-refractivity contribution in [3.8, 4) is 0 Å². The Balaban J connectivity index is 3.04. The van der Waals surface area contributed by atoms with Gasteiger partial charge in [-0.1, -0.05) is 20.3 Å². The largest absolute Gasteiger partial charge is 0.395 e. The van der Waals surface area contributed by atoms with Crippen LogP contribution in [0.15, 0.2) is 12.1 Å². The lowest BCUT2D eigenvalue weighted by molar-refractivity contribution is 0.0722. The van der Waals surface area contributed by atoms with Crippen molar-refractivity contribution >= 4 is 11.7 Å². The van der Waals surface area contributed by atoms with Crippen LogP contribution in [-0.2, 0) is 6.42 Å². The molecule has 0 spiro atoms. The molecule has 21 heavy (non-hydrogen) atoms. The van der Waals surface area contributed by atoms with Gasteiger partial charge < -0.3 is 15.3 Å². The Morgan fingerprint density at radius 2 is 2.00 bits per heavy atom. The van der Waals surface area contributed by atoms with Crippen molar-refractivity contribution in [2.45, 2.75) is 40.0 Å². The molecule has 0 atom stereocenters. The molecule has 0 unspecified atom stereocenters. The molecule has 1 aromatic heterocycles. The third kappa shape index (κ3) is 5.34. The summed E-state index contributed by atoms with van der Waals surface area (Å²) < 4.78 is 0. The number of aromatic nitrogens is 1. The maximum Gasteiger partial charge on any atom is 0.254 e. The van der Waals surface area contributed by atoms with E-state index in [1.807, 2.05) is 19.9 Å². The van der Waals surface area contributed by atoms with Gasteiger partial charge in [-0.05, 0) is 31.9 Å². The minimum absolute atomic E-state index is 0.0152. The van der Waals surface area contributed by atoms with E-state index in [0.717, 1.165) is 37.3 Å². The zero-order valence-electron chi connectivity index (χ0n) is 13.4. The van der Waals surface area contributed by atoms with Crippen molar-refractivity contribution < 1.29 is 9.90 Å². The SMILES string of the molecule is CCCc1cc(C(=O)N(CCC)CCO)cc(NCC)n1. The van der Waals surface area contributed by atoms with Crippen LogP contribution in [0, 0.1) is 0 Å². The third-order valence-corrected chi connectivity index (χ3v) is 3.14. The molecule has 1 rings (SSSR count). The summed E-state index contributed by atoms with van der Waals surface area (Å²) in [6.45, 7) is 7.90. The van der Waals surface area contributed by atoms with Crippen LogP contribution >= 0.6 is 0 Å². The molecule has 0 aromatic carbocycles. The summed E-state index contributed by atoms with van der Waals surface area (Å²) in [5.74, 6) is 0.706. The Kier molecular flexibility index (Phi) is 7.75. The first-order valence-electron chi connectivity index (χ1n) is 7.81. The maximum absolute atomic E-state index is 12.6. The first kappa shape index (κ1) is 17.4. The van der Waals surface area contributed by atoms with Gasteiger partial charge >= 0.3 is 0 Å². The number of carbonyl (C=O) groups excluding carboxylic acids is 1. The Bertz CT molecular complexity index is 419. The van der Waals surface area contributed by atoms with Crippen LogP contribution in [0.2, 0.25) is 0 Å². The first-order chi connectivity index (χ1) is 10.2. The topological polar surface area (TPSA) is 65.5 Å². The fraction of sp³-hybridized carbons (Fsp3) is 0.625. The quantitative estimate of drug-likeness (QED) is 0.733. The van der Waals surface area contributed by atoms with E-state index in [0.29, 0.717) is 18.7 Å². The smallest absolute Gasteiger partial charge is 0.254 e. The van der Waals surface area contributed by atoms with E-state index >= 15 is 0 Å². The molecule has 1 heterocycles. The Morgan fingerprint density at radius 1 is 1.24 bits per heavy atom. The van der Waals surface area contributed by atoms with E-state index in [-0.39, 0.29) is 12.5 Å². The molecule has 0 bridgehead atoms. The summed E-state index contributed by atoms with van der Waals surface area (Å²) in [6.07, 6.45) is 2.72. The van der Waals surface area contributed by atoms with Crippen LogP contribution in [-0.4, -0.2) is 47.1 Å². The number of hydrogen-bond acceptors (Lipinski definition) is 4. The normalized spacial score (nSPS) is 10.5. The fourth-order valence-corrected chi connectivity index (χ4v) is 2.26. The predicted molar refractivity (Wildman–Crippen MR) is 85.7 cm³/mol. The number of carbonyl (C=O) groups is 1. The number of aryl methyl sites for hydroxylation is 1. The van der Waals surface area contributed by atoms with Gasteiger partial charge in [-0.15, -0.1) is 0 Å². The highest BCUT2D eigenvalue weighted by molar-refractivity contribution is 5.95. The summed E-state index contributed by atoms with van der Waals surface area (Å²) in [7, 11) is 0. The zero-order chi connectivity index (χ0) is 15.7. The number of aliphatic hydroxyl groups is 1. The van der Waals surface area contributed by atoms with E-state index < -0.39 is 0 Å². The number of anilines is 1. The molecular formula is C16H27N3O2. The maximum atomic E-state index is 12.6. The average Bonchev–Trinajstić information content (AvgIpc) is 2.47. The molecule has 5 nitrogen and oxygen atoms in total. The molecule has 0 aliphatic carbocycles. The second kappa shape index (κ2) is 9.34. The molecular weight excluding hydrogens is 266 g/mol. The lowest BCUT2D eigenvalue weighted by Crippen LogP contribution is -2.34. The van der Waals surface area contributed by atoms with Gasteiger partial charge in [-0.2, -0.15) is 0 Å². The molecule has 1 amide bonds. The molecule has 0 radical (unpaired) electrons. The van der Waals surface area contributed by atoms with E-state index in [4.69, 9.17) is 5.11 Å². The lowest BCUT2D eigenvalue weighted by atomic mass is 10.1. The Morgan fingerprint density at radius 3 is 2.57 bits per heavy atom. The number of nitrogens with zero attached hydrogens (tertiary/aromatic N) is 2. The van der Waals surface area contributed by atoms with E-state index in [2.05, 4.69) is 17.2 Å². The molecule has 2 N–H and O–H groups in total. The van der Waals surface area contributed by atoms with E-state index in [9.17, 15) is 4.79 Å². The van der Waals surface area contributed by atoms with Gasteiger partial charge in [0.05, 0.1) is 6.61 Å². The number of pyridine rings is 1. The van der Waals surface area contributed by atoms with E-state index in [1.54, 1.807) is 11.0 Å². The summed E-state index contributed by atoms with van der Waals surface area (Å²) in [4.78, 5) is 18.8. The number of rotatable bonds is 9. The number of amides is 1. The summed E-state index contributed by atoms with van der Waals surface area (Å²) >= 11 is 0. The first-order valence-corrected chi connectivity index (χ1v) is 7.81. The van der Waals surface area contributed by atoms with Crippen LogP contribution in [0.25, 0.3) is 0 Å². The molecule has 0 saturated heterocycles. The number of aliphatic hydroxyl groups excluding tert-OH is 1. The van der Waals surface area contributed by atoms with Crippen molar-refractivity contribution in [2.75, 3.05) is 31.6 Å². The van der Waals surface area contributed by atoms with Crippen LogP contribution in [0.5, 0.6) is 0 Å². The van der Waals surface area contributed by atoms with Crippen molar-refractivity contribution in [1.29, 1.82) is 0 Å². The lowest BCUT2D eigenvalue weighted by Gasteiger charge is -2.21. The van der Waals surface area contributed by atoms with Crippen molar-refractivity contribution in [1.82, 2.24) is 9.88 Å². The fourth-order valence-electron chi connectivity index (χ4n) is 2.26. The van der Waals surface area contributed by atoms with Crippen molar-refractivity contribution in [3.05, 3.63) is 23.4 Å². The van der Waals surface area contributed by atoms with Crippen LogP contribution in [0.4, 0.5) is 5.82 Å². The van der Waals surface area contributed by atoms with Gasteiger partial charge in [0.25, 0.3) is 5.91 Å². The molecule has 0 saturated carbocycles. The summed E-state index contributed by atoms with van der Waals surface area (Å²) in [5.41, 5.74) is 1.58. The number of hydrogen-bond donors (Lipinski definition) is 2. The predicted octanol–water partition coefficient (Wildman–Crippen LogP) is 2.31. The summed E-state index contributed by atoms with van der Waals surface area (Å²) in [6, 6.07) is 3.66. The highest BCUT2D eigenvalue weighted by atomic mass is 16.3. The van der Waals surface area contributed by atoms with Gasteiger partial charge in [0.1, 0.15) is 5.82 Å². The average molecular weight is 293 g/mol. The Labute approximate surface area is 127 Å². The van der Waals surface area contributed by atoms with Crippen LogP contribution in [0.3, 0.4) is 0 Å². The second-order valence-electron chi connectivity index (χ2n) is 5.03. The minimum atomic E-state index is -0.0372. The van der Waals surface area contributed by atoms with E-state index in [1.165, 1.54) is 0 Å². The van der Waals surface area contributed by atoms with Crippen molar-refractivity contribution in [3.63, 3.8) is 0 Å². The highest BCUT2D eigenvalue weighted by Gasteiger charge is 2.16. The second-order valence-corrected chi connectivity index (χ2v) is 5.03. The van der Waals surface area contributed by atoms with Gasteiger partial charge in [0, 0.05) is 30.9 Å². The van der Waals surface area contributed by atoms with Gasteiger partial charge in [-0.25, -0.2) is 4.98 Å². The molecule has 118 valence electrons.